The van der Waals surface area contributed by atoms with Crippen LogP contribution in [0.1, 0.15) is 25.7 Å². The summed E-state index contributed by atoms with van der Waals surface area (Å²) in [4.78, 5) is 26.3. The summed E-state index contributed by atoms with van der Waals surface area (Å²) in [5.74, 6) is -0.959. The smallest absolute Gasteiger partial charge is 0.317 e. The van der Waals surface area contributed by atoms with Gasteiger partial charge in [0.2, 0.25) is 5.91 Å². The van der Waals surface area contributed by atoms with Crippen LogP contribution in [0, 0.1) is 0 Å². The van der Waals surface area contributed by atoms with Crippen molar-refractivity contribution in [3.8, 4) is 0 Å². The van der Waals surface area contributed by atoms with Gasteiger partial charge in [0, 0.05) is 19.1 Å². The monoisotopic (exact) mass is 271 g/mol. The number of nitrogens with zero attached hydrogens (tertiary/aromatic N) is 2. The lowest BCUT2D eigenvalue weighted by Gasteiger charge is -2.22. The zero-order chi connectivity index (χ0) is 14.3. The molecule has 0 saturated heterocycles. The van der Waals surface area contributed by atoms with Crippen LogP contribution in [-0.2, 0) is 9.59 Å². The largest absolute Gasteiger partial charge is 0.480 e. The highest BCUT2D eigenvalue weighted by Crippen LogP contribution is 2.17. The molecule has 1 saturated carbocycles. The molecule has 0 unspecified atom stereocenters. The molecular formula is C13H25N3O3. The molecule has 0 aromatic rings. The second kappa shape index (κ2) is 8.12. The summed E-state index contributed by atoms with van der Waals surface area (Å²) in [6, 6.07) is 0.285. The first-order valence-electron chi connectivity index (χ1n) is 6.85. The first-order valence-corrected chi connectivity index (χ1v) is 6.85. The third kappa shape index (κ3) is 7.12. The molecule has 6 heteroatoms. The Bertz CT molecular complexity index is 302. The maximum Gasteiger partial charge on any atom is 0.317 e. The Balaban J connectivity index is 2.36. The molecule has 2 N–H and O–H groups in total. The molecule has 0 heterocycles. The first kappa shape index (κ1) is 15.9. The fraction of sp³-hybridized carbons (Fsp3) is 0.846. The van der Waals surface area contributed by atoms with Gasteiger partial charge in [-0.25, -0.2) is 0 Å². The number of hydrogen-bond donors (Lipinski definition) is 2. The van der Waals surface area contributed by atoms with Gasteiger partial charge < -0.3 is 15.3 Å². The van der Waals surface area contributed by atoms with Crippen molar-refractivity contribution in [3.05, 3.63) is 0 Å². The number of carboxylic acid groups (broad SMARTS) is 1. The van der Waals surface area contributed by atoms with E-state index in [1.54, 1.807) is 4.90 Å². The van der Waals surface area contributed by atoms with Crippen LogP contribution in [0.3, 0.4) is 0 Å². The van der Waals surface area contributed by atoms with E-state index in [0.29, 0.717) is 6.54 Å². The van der Waals surface area contributed by atoms with E-state index in [2.05, 4.69) is 5.32 Å². The zero-order valence-electron chi connectivity index (χ0n) is 11.9. The Morgan fingerprint density at radius 1 is 1.16 bits per heavy atom. The van der Waals surface area contributed by atoms with Gasteiger partial charge in [-0.15, -0.1) is 0 Å². The molecule has 0 aromatic heterocycles. The second-order valence-electron chi connectivity index (χ2n) is 5.46. The van der Waals surface area contributed by atoms with Crippen LogP contribution < -0.4 is 5.32 Å². The van der Waals surface area contributed by atoms with E-state index in [0.717, 1.165) is 19.4 Å². The number of carboxylic acids is 1. The van der Waals surface area contributed by atoms with Gasteiger partial charge in [-0.2, -0.15) is 0 Å². The van der Waals surface area contributed by atoms with E-state index in [1.807, 2.05) is 19.0 Å². The van der Waals surface area contributed by atoms with Crippen molar-refractivity contribution in [2.24, 2.45) is 0 Å². The van der Waals surface area contributed by atoms with Crippen LogP contribution in [0.25, 0.3) is 0 Å². The summed E-state index contributed by atoms with van der Waals surface area (Å²) < 4.78 is 0. The minimum absolute atomic E-state index is 0.0630. The van der Waals surface area contributed by atoms with Gasteiger partial charge in [-0.3, -0.25) is 14.5 Å². The number of likely N-dealkylation sites (N-methyl/N-ethyl adjacent to an activating group) is 1. The summed E-state index contributed by atoms with van der Waals surface area (Å²) in [6.45, 7) is 1.39. The van der Waals surface area contributed by atoms with Crippen LogP contribution in [-0.4, -0.2) is 73.1 Å². The van der Waals surface area contributed by atoms with Gasteiger partial charge in [0.25, 0.3) is 0 Å². The van der Waals surface area contributed by atoms with Gasteiger partial charge in [0.1, 0.15) is 0 Å². The van der Waals surface area contributed by atoms with E-state index in [9.17, 15) is 9.59 Å². The summed E-state index contributed by atoms with van der Waals surface area (Å²) in [6.07, 6.45) is 4.43. The van der Waals surface area contributed by atoms with E-state index < -0.39 is 5.97 Å². The molecule has 1 aliphatic rings. The third-order valence-electron chi connectivity index (χ3n) is 3.31. The fourth-order valence-electron chi connectivity index (χ4n) is 2.29. The van der Waals surface area contributed by atoms with E-state index in [4.69, 9.17) is 5.11 Å². The molecule has 0 radical (unpaired) electrons. The molecule has 1 rings (SSSR count). The van der Waals surface area contributed by atoms with Gasteiger partial charge in [-0.05, 0) is 26.9 Å². The Kier molecular flexibility index (Phi) is 6.80. The average Bonchev–Trinajstić information content (AvgIpc) is 2.77. The molecule has 0 aliphatic heterocycles. The molecule has 1 fully saturated rings. The maximum atomic E-state index is 11.9. The molecule has 1 amide bonds. The Hall–Kier alpha value is -1.14. The maximum absolute atomic E-state index is 11.9. The van der Waals surface area contributed by atoms with E-state index >= 15 is 0 Å². The van der Waals surface area contributed by atoms with Gasteiger partial charge >= 0.3 is 5.97 Å². The number of carbonyl (C=O) groups is 2. The highest BCUT2D eigenvalue weighted by atomic mass is 16.4. The molecular weight excluding hydrogens is 246 g/mol. The highest BCUT2D eigenvalue weighted by Gasteiger charge is 2.19. The van der Waals surface area contributed by atoms with E-state index in [1.165, 1.54) is 12.8 Å². The van der Waals surface area contributed by atoms with Crippen molar-refractivity contribution < 1.29 is 14.7 Å². The number of rotatable bonds is 8. The van der Waals surface area contributed by atoms with Crippen molar-refractivity contribution in [2.45, 2.75) is 31.7 Å². The lowest BCUT2D eigenvalue weighted by Crippen LogP contribution is -2.44. The molecule has 19 heavy (non-hydrogen) atoms. The first-order chi connectivity index (χ1) is 8.97. The Morgan fingerprint density at radius 2 is 1.79 bits per heavy atom. The number of nitrogens with one attached hydrogen (secondary N) is 1. The molecule has 0 atom stereocenters. The van der Waals surface area contributed by atoms with Gasteiger partial charge in [0.05, 0.1) is 13.1 Å². The number of aliphatic carboxylic acids is 1. The molecule has 1 aliphatic carbocycles. The van der Waals surface area contributed by atoms with Crippen LogP contribution in [0.5, 0.6) is 0 Å². The van der Waals surface area contributed by atoms with Crippen LogP contribution >= 0.6 is 0 Å². The molecule has 0 spiro atoms. The summed E-state index contributed by atoms with van der Waals surface area (Å²) in [5.41, 5.74) is 0. The van der Waals surface area contributed by atoms with E-state index in [-0.39, 0.29) is 25.0 Å². The summed E-state index contributed by atoms with van der Waals surface area (Å²) >= 11 is 0. The lowest BCUT2D eigenvalue weighted by atomic mass is 10.2. The molecule has 0 bridgehead atoms. The zero-order valence-corrected chi connectivity index (χ0v) is 11.9. The number of carbonyl (C=O) groups excluding carboxylic acids is 1. The summed E-state index contributed by atoms with van der Waals surface area (Å²) in [5, 5.41) is 11.8. The van der Waals surface area contributed by atoms with Crippen LogP contribution in [0.15, 0.2) is 0 Å². The number of amides is 1. The minimum Gasteiger partial charge on any atom is -0.480 e. The lowest BCUT2D eigenvalue weighted by molar-refractivity contribution is -0.138. The average molecular weight is 271 g/mol. The van der Waals surface area contributed by atoms with Crippen LogP contribution in [0.2, 0.25) is 0 Å². The highest BCUT2D eigenvalue weighted by molar-refractivity contribution is 5.79. The van der Waals surface area contributed by atoms with Crippen molar-refractivity contribution in [1.29, 1.82) is 0 Å². The SMILES string of the molecule is CN(C)CCN(CC(=O)O)CC(=O)NC1CCCC1. The third-order valence-corrected chi connectivity index (χ3v) is 3.31. The van der Waals surface area contributed by atoms with Crippen molar-refractivity contribution in [2.75, 3.05) is 40.3 Å². The predicted molar refractivity (Wildman–Crippen MR) is 73.0 cm³/mol. The molecule has 6 nitrogen and oxygen atoms in total. The standard InChI is InChI=1S/C13H25N3O3/c1-15(2)7-8-16(10-13(18)19)9-12(17)14-11-5-3-4-6-11/h11H,3-10H2,1-2H3,(H,14,17)(H,18,19). The summed E-state index contributed by atoms with van der Waals surface area (Å²) in [7, 11) is 3.86. The van der Waals surface area contributed by atoms with Crippen molar-refractivity contribution in [1.82, 2.24) is 15.1 Å². The quantitative estimate of drug-likeness (QED) is 0.650. The van der Waals surface area contributed by atoms with Crippen molar-refractivity contribution >= 4 is 11.9 Å². The second-order valence-corrected chi connectivity index (χ2v) is 5.46. The fourth-order valence-corrected chi connectivity index (χ4v) is 2.29. The molecule has 0 aromatic carbocycles. The Morgan fingerprint density at radius 3 is 2.32 bits per heavy atom. The normalized spacial score (nSPS) is 16.2. The molecule has 110 valence electrons. The van der Waals surface area contributed by atoms with Gasteiger partial charge in [-0.1, -0.05) is 12.8 Å². The predicted octanol–water partition coefficient (Wildman–Crippen LogP) is -0.00660. The number of hydrogen-bond acceptors (Lipinski definition) is 4. The topological polar surface area (TPSA) is 72.9 Å². The van der Waals surface area contributed by atoms with Crippen LogP contribution in [0.4, 0.5) is 0 Å². The Labute approximate surface area is 114 Å². The van der Waals surface area contributed by atoms with Crippen molar-refractivity contribution in [3.63, 3.8) is 0 Å². The van der Waals surface area contributed by atoms with Gasteiger partial charge in [0.15, 0.2) is 0 Å². The minimum atomic E-state index is -0.896.